The summed E-state index contributed by atoms with van der Waals surface area (Å²) in [6.45, 7) is 0.723. The van der Waals surface area contributed by atoms with Gasteiger partial charge in [-0.3, -0.25) is 4.79 Å². The highest BCUT2D eigenvalue weighted by Gasteiger charge is 2.27. The van der Waals surface area contributed by atoms with Crippen LogP contribution in [0.5, 0.6) is 5.75 Å². The lowest BCUT2D eigenvalue weighted by Gasteiger charge is -2.23. The second-order valence-corrected chi connectivity index (χ2v) is 7.96. The summed E-state index contributed by atoms with van der Waals surface area (Å²) in [4.78, 5) is 38.9. The quantitative estimate of drug-likeness (QED) is 0.540. The minimum Gasteiger partial charge on any atom is -0.495 e. The van der Waals surface area contributed by atoms with E-state index < -0.39 is 11.5 Å². The summed E-state index contributed by atoms with van der Waals surface area (Å²) in [6.07, 6.45) is 3.60. The van der Waals surface area contributed by atoms with Crippen LogP contribution in [0.2, 0.25) is 5.02 Å². The van der Waals surface area contributed by atoms with Crippen molar-refractivity contribution in [3.63, 3.8) is 0 Å². The third kappa shape index (κ3) is 4.01. The Kier molecular flexibility index (Phi) is 6.29. The first-order chi connectivity index (χ1) is 15.5. The van der Waals surface area contributed by atoms with Crippen LogP contribution >= 0.6 is 11.6 Å². The van der Waals surface area contributed by atoms with Crippen LogP contribution in [0.1, 0.15) is 34.3 Å². The van der Waals surface area contributed by atoms with Crippen LogP contribution < -0.4 is 15.2 Å². The first kappa shape index (κ1) is 22.0. The van der Waals surface area contributed by atoms with Gasteiger partial charge in [-0.25, -0.2) is 9.78 Å². The molecule has 2 aromatic heterocycles. The summed E-state index contributed by atoms with van der Waals surface area (Å²) >= 11 is 6.26. The van der Waals surface area contributed by atoms with Crippen molar-refractivity contribution < 1.29 is 19.4 Å². The maximum atomic E-state index is 12.8. The number of aliphatic hydroxyl groups excluding tert-OH is 1. The molecule has 1 aromatic carbocycles. The number of hydrogen-bond donors (Lipinski definition) is 2. The number of methoxy groups -OCH3 is 2. The maximum absolute atomic E-state index is 12.8. The molecule has 1 saturated heterocycles. The zero-order valence-corrected chi connectivity index (χ0v) is 18.5. The second-order valence-electron chi connectivity index (χ2n) is 7.55. The first-order valence-electron chi connectivity index (χ1n) is 10.2. The first-order valence-corrected chi connectivity index (χ1v) is 10.5. The van der Waals surface area contributed by atoms with Crippen LogP contribution in [-0.2, 0) is 11.2 Å². The number of aromatic amines is 1. The fourth-order valence-corrected chi connectivity index (χ4v) is 4.36. The number of aliphatic hydroxyl groups is 1. The fraction of sp³-hybridized carbons (Fsp3) is 0.364. The van der Waals surface area contributed by atoms with Crippen molar-refractivity contribution in [1.29, 1.82) is 0 Å². The number of fused-ring (bicyclic) bond motifs is 1. The van der Waals surface area contributed by atoms with Crippen LogP contribution in [0.4, 0.5) is 5.95 Å². The molecule has 1 aliphatic heterocycles. The minimum absolute atomic E-state index is 0.00265. The molecule has 4 rings (SSSR count). The Hall–Kier alpha value is -3.17. The Morgan fingerprint density at radius 2 is 2.19 bits per heavy atom. The van der Waals surface area contributed by atoms with E-state index in [1.807, 2.05) is 11.0 Å². The molecule has 2 N–H and O–H groups in total. The summed E-state index contributed by atoms with van der Waals surface area (Å²) in [5.74, 6) is 0.206. The van der Waals surface area contributed by atoms with Crippen LogP contribution in [-0.4, -0.2) is 59.4 Å². The Morgan fingerprint density at radius 1 is 1.38 bits per heavy atom. The topological polar surface area (TPSA) is 118 Å². The van der Waals surface area contributed by atoms with Crippen LogP contribution in [0.25, 0.3) is 11.0 Å². The lowest BCUT2D eigenvalue weighted by atomic mass is 9.98. The van der Waals surface area contributed by atoms with Crippen molar-refractivity contribution in [1.82, 2.24) is 15.0 Å². The van der Waals surface area contributed by atoms with E-state index in [9.17, 15) is 14.7 Å². The van der Waals surface area contributed by atoms with Crippen molar-refractivity contribution in [2.24, 2.45) is 0 Å². The number of hydrogen-bond acceptors (Lipinski definition) is 8. The van der Waals surface area contributed by atoms with Crippen LogP contribution in [0, 0.1) is 0 Å². The number of rotatable bonds is 6. The second kappa shape index (κ2) is 9.13. The SMILES string of the molecule is COC(=O)c1c(Cc2ccc(OC)c(Cl)c2)c2cnc(N3CCCC3CO)nc2[nH]c1=O. The lowest BCUT2D eigenvalue weighted by molar-refractivity contribution is 0.0598. The molecule has 3 aromatic rings. The van der Waals surface area contributed by atoms with Crippen LogP contribution in [0.3, 0.4) is 0 Å². The number of ether oxygens (including phenoxy) is 2. The molecule has 1 fully saturated rings. The predicted molar refractivity (Wildman–Crippen MR) is 120 cm³/mol. The Balaban J connectivity index is 1.85. The van der Waals surface area contributed by atoms with E-state index >= 15 is 0 Å². The Morgan fingerprint density at radius 3 is 2.88 bits per heavy atom. The van der Waals surface area contributed by atoms with Gasteiger partial charge in [-0.05, 0) is 42.5 Å². The third-order valence-corrected chi connectivity index (χ3v) is 5.99. The Labute approximate surface area is 189 Å². The van der Waals surface area contributed by atoms with Gasteiger partial charge in [0.05, 0.1) is 31.9 Å². The smallest absolute Gasteiger partial charge is 0.343 e. The number of H-pyrrole nitrogens is 1. The van der Waals surface area contributed by atoms with Crippen molar-refractivity contribution in [3.8, 4) is 5.75 Å². The molecule has 10 heteroatoms. The van der Waals surface area contributed by atoms with Gasteiger partial charge in [0, 0.05) is 18.1 Å². The summed E-state index contributed by atoms with van der Waals surface area (Å²) in [7, 11) is 2.75. The molecule has 1 unspecified atom stereocenters. The summed E-state index contributed by atoms with van der Waals surface area (Å²) < 4.78 is 10.1. The average molecular weight is 459 g/mol. The minimum atomic E-state index is -0.744. The van der Waals surface area contributed by atoms with E-state index in [-0.39, 0.29) is 24.6 Å². The molecule has 3 heterocycles. The van der Waals surface area contributed by atoms with Crippen molar-refractivity contribution in [3.05, 3.63) is 56.5 Å². The van der Waals surface area contributed by atoms with Crippen molar-refractivity contribution >= 4 is 34.6 Å². The van der Waals surface area contributed by atoms with Gasteiger partial charge in [0.15, 0.2) is 0 Å². The molecule has 32 heavy (non-hydrogen) atoms. The van der Waals surface area contributed by atoms with Crippen molar-refractivity contribution in [2.75, 3.05) is 32.3 Å². The highest BCUT2D eigenvalue weighted by molar-refractivity contribution is 6.32. The molecule has 1 aliphatic rings. The van der Waals surface area contributed by atoms with Gasteiger partial charge in [-0.15, -0.1) is 0 Å². The van der Waals surface area contributed by atoms with Gasteiger partial charge in [-0.1, -0.05) is 17.7 Å². The van der Waals surface area contributed by atoms with E-state index in [1.54, 1.807) is 18.3 Å². The molecule has 0 bridgehead atoms. The molecule has 1 atom stereocenters. The molecule has 9 nitrogen and oxygen atoms in total. The molecule has 0 aliphatic carbocycles. The number of carbonyl (C=O) groups is 1. The number of anilines is 1. The van der Waals surface area contributed by atoms with E-state index in [4.69, 9.17) is 21.1 Å². The number of halogens is 1. The van der Waals surface area contributed by atoms with Gasteiger partial charge in [-0.2, -0.15) is 4.98 Å². The largest absolute Gasteiger partial charge is 0.495 e. The van der Waals surface area contributed by atoms with E-state index in [1.165, 1.54) is 14.2 Å². The zero-order valence-electron chi connectivity index (χ0n) is 17.7. The number of benzene rings is 1. The lowest BCUT2D eigenvalue weighted by Crippen LogP contribution is -2.33. The third-order valence-electron chi connectivity index (χ3n) is 5.69. The number of nitrogens with zero attached hydrogens (tertiary/aromatic N) is 3. The normalized spacial score (nSPS) is 15.9. The van der Waals surface area contributed by atoms with Gasteiger partial charge >= 0.3 is 5.97 Å². The van der Waals surface area contributed by atoms with Crippen molar-refractivity contribution in [2.45, 2.75) is 25.3 Å². The molecule has 168 valence electrons. The standard InChI is InChI=1S/C22H23ClN4O5/c1-31-17-6-5-12(9-16(17)23)8-14-15-10-24-22(27-7-3-4-13(27)11-28)26-19(15)25-20(29)18(14)21(30)32-2/h5-6,9-10,13,28H,3-4,7-8,11H2,1-2H3,(H,24,25,26,29). The number of nitrogens with one attached hydrogen (secondary N) is 1. The molecule has 0 radical (unpaired) electrons. The summed E-state index contributed by atoms with van der Waals surface area (Å²) in [6, 6.07) is 5.19. The van der Waals surface area contributed by atoms with Gasteiger partial charge < -0.3 is 24.5 Å². The summed E-state index contributed by atoms with van der Waals surface area (Å²) in [5, 5.41) is 10.6. The molecular formula is C22H23ClN4O5. The van der Waals surface area contributed by atoms with Crippen LogP contribution in [0.15, 0.2) is 29.2 Å². The monoisotopic (exact) mass is 458 g/mol. The molecule has 0 saturated carbocycles. The summed E-state index contributed by atoms with van der Waals surface area (Å²) in [5.41, 5.74) is 0.840. The molecule has 0 amide bonds. The van der Waals surface area contributed by atoms with E-state index in [0.717, 1.165) is 24.9 Å². The van der Waals surface area contributed by atoms with Gasteiger partial charge in [0.25, 0.3) is 5.56 Å². The zero-order chi connectivity index (χ0) is 22.8. The highest BCUT2D eigenvalue weighted by atomic mass is 35.5. The predicted octanol–water partition coefficient (Wildman–Crippen LogP) is 2.32. The molecular weight excluding hydrogens is 436 g/mol. The number of aromatic nitrogens is 3. The molecule has 0 spiro atoms. The number of pyridine rings is 1. The van der Waals surface area contributed by atoms with Gasteiger partial charge in [0.2, 0.25) is 5.95 Å². The maximum Gasteiger partial charge on any atom is 0.343 e. The van der Waals surface area contributed by atoms with Gasteiger partial charge in [0.1, 0.15) is 17.0 Å². The number of carbonyl (C=O) groups excluding carboxylic acids is 1. The average Bonchev–Trinajstić information content (AvgIpc) is 3.27. The van der Waals surface area contributed by atoms with E-state index in [0.29, 0.717) is 33.3 Å². The highest BCUT2D eigenvalue weighted by Crippen LogP contribution is 2.29. The fourth-order valence-electron chi connectivity index (χ4n) is 4.08. The Bertz CT molecular complexity index is 1230. The van der Waals surface area contributed by atoms with E-state index in [2.05, 4.69) is 15.0 Å². The number of esters is 1.